The number of pyridine rings is 1. The van der Waals surface area contributed by atoms with E-state index in [1.807, 2.05) is 19.9 Å². The number of nitrogens with two attached hydrogens (primary N) is 1. The quantitative estimate of drug-likeness (QED) is 0.515. The number of H-pyrrole nitrogens is 1. The predicted molar refractivity (Wildman–Crippen MR) is 95.9 cm³/mol. The molecule has 0 aliphatic heterocycles. The third-order valence-electron chi connectivity index (χ3n) is 3.37. The van der Waals surface area contributed by atoms with Crippen LogP contribution in [0.4, 0.5) is 0 Å². The Morgan fingerprint density at radius 1 is 1.46 bits per heavy atom. The van der Waals surface area contributed by atoms with E-state index in [0.29, 0.717) is 21.6 Å². The molecule has 0 fully saturated rings. The van der Waals surface area contributed by atoms with Gasteiger partial charge >= 0.3 is 0 Å². The van der Waals surface area contributed by atoms with E-state index in [4.69, 9.17) is 18.0 Å². The number of primary amides is 1. The van der Waals surface area contributed by atoms with Gasteiger partial charge in [0.15, 0.2) is 4.77 Å². The Hall–Kier alpha value is -2.76. The molecule has 3 aromatic heterocycles. The summed E-state index contributed by atoms with van der Waals surface area (Å²) in [5.74, 6) is 4.65. The Morgan fingerprint density at radius 2 is 2.21 bits per heavy atom. The molecule has 0 saturated heterocycles. The third kappa shape index (κ3) is 2.75. The van der Waals surface area contributed by atoms with Crippen molar-refractivity contribution in [3.8, 4) is 17.7 Å². The summed E-state index contributed by atoms with van der Waals surface area (Å²) in [5.41, 5.74) is 6.18. The molecular formula is C16H12N4O2S2. The highest BCUT2D eigenvalue weighted by Gasteiger charge is 2.16. The summed E-state index contributed by atoms with van der Waals surface area (Å²) in [5, 5.41) is 0.378. The number of rotatable bonds is 1. The molecule has 0 radical (unpaired) electrons. The number of aromatic nitrogens is 3. The van der Waals surface area contributed by atoms with E-state index in [1.54, 1.807) is 12.3 Å². The molecule has 0 aliphatic carbocycles. The SMILES string of the molecule is Cc1ccnc(-n2c(=S)[nH]c3sc(C)c(C#CC(N)=O)c3c2=O)c1. The maximum absolute atomic E-state index is 13.0. The zero-order chi connectivity index (χ0) is 17.4. The molecule has 3 heterocycles. The highest BCUT2D eigenvalue weighted by atomic mass is 32.1. The van der Waals surface area contributed by atoms with E-state index in [-0.39, 0.29) is 10.3 Å². The largest absolute Gasteiger partial charge is 0.359 e. The zero-order valence-electron chi connectivity index (χ0n) is 12.8. The molecule has 3 rings (SSSR count). The van der Waals surface area contributed by atoms with E-state index in [0.717, 1.165) is 10.4 Å². The molecule has 3 aromatic rings. The number of carbonyl (C=O) groups excluding carboxylic acids is 1. The van der Waals surface area contributed by atoms with Crippen LogP contribution in [0.3, 0.4) is 0 Å². The first-order valence-corrected chi connectivity index (χ1v) is 8.14. The van der Waals surface area contributed by atoms with Crippen LogP contribution in [0, 0.1) is 30.5 Å². The number of hydrogen-bond donors (Lipinski definition) is 2. The molecule has 0 bridgehead atoms. The number of carbonyl (C=O) groups is 1. The molecule has 8 heteroatoms. The Labute approximate surface area is 146 Å². The minimum absolute atomic E-state index is 0.251. The van der Waals surface area contributed by atoms with Gasteiger partial charge in [0.25, 0.3) is 11.5 Å². The van der Waals surface area contributed by atoms with Crippen molar-refractivity contribution in [3.05, 3.63) is 49.5 Å². The molecule has 1 amide bonds. The number of fused-ring (bicyclic) bond motifs is 1. The van der Waals surface area contributed by atoms with Crippen LogP contribution in [0.15, 0.2) is 23.1 Å². The highest BCUT2D eigenvalue weighted by molar-refractivity contribution is 7.71. The third-order valence-corrected chi connectivity index (χ3v) is 4.67. The molecule has 3 N–H and O–H groups in total. The van der Waals surface area contributed by atoms with Crippen LogP contribution in [0.1, 0.15) is 16.0 Å². The molecule has 0 atom stereocenters. The van der Waals surface area contributed by atoms with E-state index in [9.17, 15) is 9.59 Å². The van der Waals surface area contributed by atoms with Gasteiger partial charge in [0, 0.05) is 17.0 Å². The van der Waals surface area contributed by atoms with Crippen LogP contribution in [0.2, 0.25) is 0 Å². The molecule has 0 saturated carbocycles. The summed E-state index contributed by atoms with van der Waals surface area (Å²) in [6, 6.07) is 3.60. The summed E-state index contributed by atoms with van der Waals surface area (Å²) in [6.07, 6.45) is 1.61. The molecule has 120 valence electrons. The average molecular weight is 356 g/mol. The van der Waals surface area contributed by atoms with Crippen molar-refractivity contribution in [2.75, 3.05) is 0 Å². The Bertz CT molecular complexity index is 1160. The lowest BCUT2D eigenvalue weighted by atomic mass is 10.2. The fourth-order valence-corrected chi connectivity index (χ4v) is 3.66. The first-order valence-electron chi connectivity index (χ1n) is 6.91. The summed E-state index contributed by atoms with van der Waals surface area (Å²) < 4.78 is 1.58. The van der Waals surface area contributed by atoms with Crippen molar-refractivity contribution in [2.24, 2.45) is 5.73 Å². The van der Waals surface area contributed by atoms with Gasteiger partial charge < -0.3 is 10.7 Å². The van der Waals surface area contributed by atoms with Crippen LogP contribution in [-0.2, 0) is 4.79 Å². The van der Waals surface area contributed by atoms with Gasteiger partial charge in [-0.1, -0.05) is 5.92 Å². The molecule has 0 aliphatic rings. The van der Waals surface area contributed by atoms with E-state index >= 15 is 0 Å². The standard InChI is InChI=1S/C16H12N4O2S2/c1-8-5-6-18-12(7-8)20-15(22)13-10(3-4-11(17)21)9(2)24-14(13)19-16(20)23/h5-7H,1-2H3,(H2,17,21)(H,19,23). The van der Waals surface area contributed by atoms with Crippen LogP contribution in [-0.4, -0.2) is 20.4 Å². The lowest BCUT2D eigenvalue weighted by molar-refractivity contribution is -0.112. The Balaban J connectivity index is 2.40. The smallest absolute Gasteiger partial charge is 0.293 e. The first kappa shape index (κ1) is 16.1. The second kappa shape index (κ2) is 6.03. The zero-order valence-corrected chi connectivity index (χ0v) is 14.5. The van der Waals surface area contributed by atoms with Gasteiger partial charge in [0.2, 0.25) is 0 Å². The van der Waals surface area contributed by atoms with E-state index in [1.165, 1.54) is 15.9 Å². The molecule has 24 heavy (non-hydrogen) atoms. The number of nitrogens with one attached hydrogen (secondary N) is 1. The molecule has 0 spiro atoms. The number of nitrogens with zero attached hydrogens (tertiary/aromatic N) is 2. The summed E-state index contributed by atoms with van der Waals surface area (Å²) >= 11 is 6.67. The fourth-order valence-electron chi connectivity index (χ4n) is 2.32. The number of aromatic amines is 1. The van der Waals surface area contributed by atoms with Crippen molar-refractivity contribution >= 4 is 39.7 Å². The predicted octanol–water partition coefficient (Wildman–Crippen LogP) is 1.96. The van der Waals surface area contributed by atoms with Gasteiger partial charge in [-0.15, -0.1) is 11.3 Å². The molecule has 0 aromatic carbocycles. The lowest BCUT2D eigenvalue weighted by Crippen LogP contribution is -2.21. The normalized spacial score (nSPS) is 10.4. The number of aryl methyl sites for hydroxylation is 2. The second-order valence-electron chi connectivity index (χ2n) is 5.11. The minimum atomic E-state index is -0.752. The monoisotopic (exact) mass is 356 g/mol. The maximum Gasteiger partial charge on any atom is 0.293 e. The van der Waals surface area contributed by atoms with Crippen molar-refractivity contribution in [3.63, 3.8) is 0 Å². The Kier molecular flexibility index (Phi) is 4.05. The van der Waals surface area contributed by atoms with Crippen LogP contribution in [0.5, 0.6) is 0 Å². The fraction of sp³-hybridized carbons (Fsp3) is 0.125. The van der Waals surface area contributed by atoms with Gasteiger partial charge in [0.1, 0.15) is 10.6 Å². The van der Waals surface area contributed by atoms with Gasteiger partial charge in [-0.3, -0.25) is 9.59 Å². The number of hydrogen-bond acceptors (Lipinski definition) is 5. The van der Waals surface area contributed by atoms with E-state index in [2.05, 4.69) is 21.8 Å². The Morgan fingerprint density at radius 3 is 2.88 bits per heavy atom. The summed E-state index contributed by atoms with van der Waals surface area (Å²) in [6.45, 7) is 3.72. The lowest BCUT2D eigenvalue weighted by Gasteiger charge is -2.06. The van der Waals surface area contributed by atoms with Gasteiger partial charge in [-0.05, 0) is 43.8 Å². The number of thiophene rings is 1. The van der Waals surface area contributed by atoms with E-state index < -0.39 is 5.91 Å². The van der Waals surface area contributed by atoms with Gasteiger partial charge in [0.05, 0.1) is 10.9 Å². The maximum atomic E-state index is 13.0. The van der Waals surface area contributed by atoms with Crippen molar-refractivity contribution in [1.82, 2.24) is 14.5 Å². The van der Waals surface area contributed by atoms with Crippen molar-refractivity contribution < 1.29 is 4.79 Å². The summed E-state index contributed by atoms with van der Waals surface area (Å²) in [4.78, 5) is 32.6. The topological polar surface area (TPSA) is 93.8 Å². The van der Waals surface area contributed by atoms with Crippen molar-refractivity contribution in [1.29, 1.82) is 0 Å². The minimum Gasteiger partial charge on any atom is -0.359 e. The summed E-state index contributed by atoms with van der Waals surface area (Å²) in [7, 11) is 0. The van der Waals surface area contributed by atoms with Gasteiger partial charge in [-0.2, -0.15) is 0 Å². The molecule has 6 nitrogen and oxygen atoms in total. The number of amides is 1. The second-order valence-corrected chi connectivity index (χ2v) is 6.73. The van der Waals surface area contributed by atoms with Gasteiger partial charge in [-0.25, -0.2) is 9.55 Å². The highest BCUT2D eigenvalue weighted by Crippen LogP contribution is 2.26. The molecular weight excluding hydrogens is 344 g/mol. The van der Waals surface area contributed by atoms with Crippen LogP contribution >= 0.6 is 23.6 Å². The first-order chi connectivity index (χ1) is 11.4. The molecule has 0 unspecified atom stereocenters. The van der Waals surface area contributed by atoms with Crippen LogP contribution in [0.25, 0.3) is 16.0 Å². The van der Waals surface area contributed by atoms with Crippen LogP contribution < -0.4 is 11.3 Å². The van der Waals surface area contributed by atoms with Crippen molar-refractivity contribution in [2.45, 2.75) is 13.8 Å². The average Bonchev–Trinajstić information content (AvgIpc) is 2.80.